The largest absolute Gasteiger partial charge is 0.461 e. The van der Waals surface area contributed by atoms with Gasteiger partial charge in [-0.2, -0.15) is 0 Å². The molecule has 1 rings (SSSR count). The summed E-state index contributed by atoms with van der Waals surface area (Å²) >= 11 is 0. The molecule has 0 atom stereocenters. The molecular weight excluding hydrogens is 216 g/mol. The number of nitrogens with zero attached hydrogens (tertiary/aromatic N) is 1. The molecule has 0 unspecified atom stereocenters. The van der Waals surface area contributed by atoms with E-state index in [9.17, 15) is 4.79 Å². The molecule has 1 aromatic rings. The fourth-order valence-corrected chi connectivity index (χ4v) is 1.32. The molecule has 92 valence electrons. The van der Waals surface area contributed by atoms with E-state index in [0.29, 0.717) is 18.8 Å². The number of esters is 1. The Morgan fingerprint density at radius 1 is 1.41 bits per heavy atom. The molecule has 0 saturated heterocycles. The summed E-state index contributed by atoms with van der Waals surface area (Å²) < 4.78 is 5.01. The van der Waals surface area contributed by atoms with Gasteiger partial charge in [0.1, 0.15) is 6.61 Å². The van der Waals surface area contributed by atoms with Gasteiger partial charge in [0.15, 0.2) is 0 Å². The number of anilines is 1. The molecule has 2 N–H and O–H groups in total. The van der Waals surface area contributed by atoms with Gasteiger partial charge in [-0.1, -0.05) is 18.2 Å². The van der Waals surface area contributed by atoms with E-state index in [1.54, 1.807) is 6.92 Å². The fourth-order valence-electron chi connectivity index (χ4n) is 1.32. The number of carbonyl (C=O) groups is 1. The number of hydrogen-bond acceptors (Lipinski definition) is 4. The zero-order chi connectivity index (χ0) is 12.7. The minimum Gasteiger partial charge on any atom is -0.461 e. The molecule has 4 heteroatoms. The van der Waals surface area contributed by atoms with E-state index >= 15 is 0 Å². The van der Waals surface area contributed by atoms with Crippen LogP contribution in [0.15, 0.2) is 42.1 Å². The van der Waals surface area contributed by atoms with Crippen molar-refractivity contribution in [2.45, 2.75) is 6.92 Å². The average molecular weight is 234 g/mol. The topological polar surface area (TPSA) is 55.6 Å². The van der Waals surface area contributed by atoms with Crippen molar-refractivity contribution >= 4 is 11.7 Å². The van der Waals surface area contributed by atoms with Gasteiger partial charge in [-0.25, -0.2) is 4.79 Å². The second-order valence-corrected chi connectivity index (χ2v) is 3.81. The highest BCUT2D eigenvalue weighted by molar-refractivity contribution is 5.82. The summed E-state index contributed by atoms with van der Waals surface area (Å²) in [5.74, 6) is -0.397. The number of nitrogens with two attached hydrogens (primary N) is 1. The average Bonchev–Trinajstić information content (AvgIpc) is 2.29. The van der Waals surface area contributed by atoms with Crippen molar-refractivity contribution in [3.05, 3.63) is 42.1 Å². The Hall–Kier alpha value is -1.97. The Kier molecular flexibility index (Phi) is 5.07. The van der Waals surface area contributed by atoms with Gasteiger partial charge in [0.2, 0.25) is 0 Å². The first-order chi connectivity index (χ1) is 8.09. The fraction of sp³-hybridized carbons (Fsp3) is 0.308. The highest BCUT2D eigenvalue weighted by atomic mass is 16.5. The number of para-hydroxylation sites is 1. The summed E-state index contributed by atoms with van der Waals surface area (Å²) in [6.45, 7) is 2.64. The Morgan fingerprint density at radius 3 is 2.65 bits per heavy atom. The van der Waals surface area contributed by atoms with Crippen LogP contribution in [0.25, 0.3) is 0 Å². The van der Waals surface area contributed by atoms with Crippen LogP contribution in [0.4, 0.5) is 5.69 Å². The number of carbonyl (C=O) groups excluding carboxylic acids is 1. The van der Waals surface area contributed by atoms with Gasteiger partial charge in [0.25, 0.3) is 0 Å². The Labute approximate surface area is 102 Å². The first-order valence-corrected chi connectivity index (χ1v) is 5.46. The predicted molar refractivity (Wildman–Crippen MR) is 68.6 cm³/mol. The van der Waals surface area contributed by atoms with Gasteiger partial charge in [-0.05, 0) is 19.1 Å². The van der Waals surface area contributed by atoms with Gasteiger partial charge >= 0.3 is 5.97 Å². The first-order valence-electron chi connectivity index (χ1n) is 5.46. The molecule has 0 aliphatic rings. The summed E-state index contributed by atoms with van der Waals surface area (Å²) in [4.78, 5) is 13.2. The van der Waals surface area contributed by atoms with Gasteiger partial charge in [-0.15, -0.1) is 0 Å². The first kappa shape index (κ1) is 13.1. The molecule has 0 bridgehead atoms. The van der Waals surface area contributed by atoms with Crippen LogP contribution in [0.5, 0.6) is 0 Å². The van der Waals surface area contributed by atoms with Gasteiger partial charge in [-0.3, -0.25) is 0 Å². The van der Waals surface area contributed by atoms with Crippen LogP contribution in [-0.4, -0.2) is 26.2 Å². The van der Waals surface area contributed by atoms with Crippen molar-refractivity contribution in [1.29, 1.82) is 0 Å². The van der Waals surface area contributed by atoms with Crippen molar-refractivity contribution in [1.82, 2.24) is 0 Å². The number of ether oxygens (including phenoxy) is 1. The SMILES string of the molecule is C/C(N)=C/C(=O)OCCN(C)c1ccccc1. The molecule has 0 aliphatic heterocycles. The number of hydrogen-bond donors (Lipinski definition) is 1. The van der Waals surface area contributed by atoms with Gasteiger partial charge in [0, 0.05) is 24.5 Å². The molecule has 17 heavy (non-hydrogen) atoms. The van der Waals surface area contributed by atoms with Crippen molar-refractivity contribution < 1.29 is 9.53 Å². The second-order valence-electron chi connectivity index (χ2n) is 3.81. The monoisotopic (exact) mass is 234 g/mol. The lowest BCUT2D eigenvalue weighted by atomic mass is 10.3. The summed E-state index contributed by atoms with van der Waals surface area (Å²) in [6.07, 6.45) is 1.28. The summed E-state index contributed by atoms with van der Waals surface area (Å²) in [5.41, 5.74) is 6.91. The molecule has 0 fully saturated rings. The van der Waals surface area contributed by atoms with Crippen molar-refractivity contribution in [2.24, 2.45) is 5.73 Å². The Balaban J connectivity index is 2.32. The van der Waals surface area contributed by atoms with E-state index in [2.05, 4.69) is 0 Å². The molecule has 0 aromatic heterocycles. The molecule has 0 heterocycles. The van der Waals surface area contributed by atoms with E-state index < -0.39 is 5.97 Å². The third kappa shape index (κ3) is 5.06. The van der Waals surface area contributed by atoms with Crippen LogP contribution < -0.4 is 10.6 Å². The molecular formula is C13H18N2O2. The maximum Gasteiger partial charge on any atom is 0.332 e. The number of likely N-dealkylation sites (N-methyl/N-ethyl adjacent to an activating group) is 1. The van der Waals surface area contributed by atoms with Crippen LogP contribution in [0.2, 0.25) is 0 Å². The minimum absolute atomic E-state index is 0.341. The van der Waals surface area contributed by atoms with Crippen LogP contribution in [-0.2, 0) is 9.53 Å². The minimum atomic E-state index is -0.397. The summed E-state index contributed by atoms with van der Waals surface area (Å²) in [5, 5.41) is 0. The highest BCUT2D eigenvalue weighted by Gasteiger charge is 2.02. The zero-order valence-corrected chi connectivity index (χ0v) is 10.2. The second kappa shape index (κ2) is 6.58. The quantitative estimate of drug-likeness (QED) is 0.620. The van der Waals surface area contributed by atoms with Gasteiger partial charge in [0.05, 0.1) is 6.54 Å². The maximum absolute atomic E-state index is 11.2. The lowest BCUT2D eigenvalue weighted by Crippen LogP contribution is -2.23. The van der Waals surface area contributed by atoms with Crippen LogP contribution >= 0.6 is 0 Å². The van der Waals surface area contributed by atoms with E-state index in [0.717, 1.165) is 5.69 Å². The molecule has 0 amide bonds. The van der Waals surface area contributed by atoms with E-state index in [-0.39, 0.29) is 0 Å². The Bertz CT molecular complexity index is 384. The smallest absolute Gasteiger partial charge is 0.332 e. The van der Waals surface area contributed by atoms with Crippen molar-refractivity contribution in [3.8, 4) is 0 Å². The summed E-state index contributed by atoms with van der Waals surface area (Å²) in [6, 6.07) is 9.92. The van der Waals surface area contributed by atoms with Crippen LogP contribution in [0.1, 0.15) is 6.92 Å². The highest BCUT2D eigenvalue weighted by Crippen LogP contribution is 2.09. The van der Waals surface area contributed by atoms with E-state index in [1.165, 1.54) is 6.08 Å². The standard InChI is InChI=1S/C13H18N2O2/c1-11(14)10-13(16)17-9-8-15(2)12-6-4-3-5-7-12/h3-7,10H,8-9,14H2,1-2H3/b11-10-. The van der Waals surface area contributed by atoms with Crippen LogP contribution in [0, 0.1) is 0 Å². The molecule has 0 radical (unpaired) electrons. The molecule has 0 spiro atoms. The van der Waals surface area contributed by atoms with Crippen molar-refractivity contribution in [2.75, 3.05) is 25.1 Å². The molecule has 0 saturated carbocycles. The van der Waals surface area contributed by atoms with E-state index in [4.69, 9.17) is 10.5 Å². The number of benzene rings is 1. The van der Waals surface area contributed by atoms with Gasteiger partial charge < -0.3 is 15.4 Å². The molecule has 0 aliphatic carbocycles. The molecule has 1 aromatic carbocycles. The zero-order valence-electron chi connectivity index (χ0n) is 10.2. The lowest BCUT2D eigenvalue weighted by molar-refractivity contribution is -0.137. The predicted octanol–water partition coefficient (Wildman–Crippen LogP) is 1.53. The van der Waals surface area contributed by atoms with Crippen LogP contribution in [0.3, 0.4) is 0 Å². The van der Waals surface area contributed by atoms with E-state index in [1.807, 2.05) is 42.3 Å². The third-order valence-corrected chi connectivity index (χ3v) is 2.21. The summed E-state index contributed by atoms with van der Waals surface area (Å²) in [7, 11) is 1.95. The number of allylic oxidation sites excluding steroid dienone is 1. The normalized spacial score (nSPS) is 11.1. The molecule has 4 nitrogen and oxygen atoms in total. The maximum atomic E-state index is 11.2. The lowest BCUT2D eigenvalue weighted by Gasteiger charge is -2.18. The third-order valence-electron chi connectivity index (χ3n) is 2.21. The number of rotatable bonds is 5. The van der Waals surface area contributed by atoms with Crippen molar-refractivity contribution in [3.63, 3.8) is 0 Å². The Morgan fingerprint density at radius 2 is 2.06 bits per heavy atom.